The van der Waals surface area contributed by atoms with E-state index in [2.05, 4.69) is 22.2 Å². The van der Waals surface area contributed by atoms with Gasteiger partial charge in [0.25, 0.3) is 0 Å². The van der Waals surface area contributed by atoms with Crippen molar-refractivity contribution < 1.29 is 0 Å². The van der Waals surface area contributed by atoms with Crippen molar-refractivity contribution >= 4 is 0 Å². The van der Waals surface area contributed by atoms with Crippen LogP contribution in [0.4, 0.5) is 0 Å². The Morgan fingerprint density at radius 1 is 1.36 bits per heavy atom. The number of rotatable bonds is 1. The molecule has 0 aromatic carbocycles. The van der Waals surface area contributed by atoms with E-state index in [1.807, 2.05) is 12.1 Å². The molecule has 2 aromatic rings. The summed E-state index contributed by atoms with van der Waals surface area (Å²) in [7, 11) is 0. The second-order valence-corrected chi connectivity index (χ2v) is 2.68. The van der Waals surface area contributed by atoms with Crippen LogP contribution in [0.1, 0.15) is 5.56 Å². The summed E-state index contributed by atoms with van der Waals surface area (Å²) in [5.41, 5.74) is 2.04. The average molecular weight is 180 g/mol. The van der Waals surface area contributed by atoms with Crippen molar-refractivity contribution in [3.8, 4) is 17.3 Å². The summed E-state index contributed by atoms with van der Waals surface area (Å²) in [5.74, 6) is 0. The van der Waals surface area contributed by atoms with E-state index in [9.17, 15) is 0 Å². The van der Waals surface area contributed by atoms with Crippen LogP contribution >= 0.6 is 0 Å². The van der Waals surface area contributed by atoms with Crippen LogP contribution in [0.5, 0.6) is 0 Å². The fourth-order valence-corrected chi connectivity index (χ4v) is 1.17. The molecule has 0 aliphatic carbocycles. The first-order valence-corrected chi connectivity index (χ1v) is 4.09. The highest BCUT2D eigenvalue weighted by molar-refractivity contribution is 5.65. The van der Waals surface area contributed by atoms with Gasteiger partial charge in [-0.1, -0.05) is 6.07 Å². The van der Waals surface area contributed by atoms with Crippen molar-refractivity contribution in [3.05, 3.63) is 48.4 Å². The molecule has 14 heavy (non-hydrogen) atoms. The van der Waals surface area contributed by atoms with Crippen LogP contribution in [0, 0.1) is 17.5 Å². The summed E-state index contributed by atoms with van der Waals surface area (Å²) >= 11 is 0. The maximum Gasteiger partial charge on any atom is 0.0999 e. The van der Waals surface area contributed by atoms with Gasteiger partial charge in [-0.05, 0) is 18.2 Å². The Morgan fingerprint density at radius 2 is 2.29 bits per heavy atom. The van der Waals surface area contributed by atoms with Crippen LogP contribution in [0.15, 0.2) is 36.7 Å². The maximum absolute atomic E-state index is 8.86. The van der Waals surface area contributed by atoms with Crippen LogP contribution in [-0.4, -0.2) is 9.97 Å². The first-order valence-electron chi connectivity index (χ1n) is 4.09. The molecular formula is C11H6N3. The van der Waals surface area contributed by atoms with Gasteiger partial charge < -0.3 is 0 Å². The summed E-state index contributed by atoms with van der Waals surface area (Å²) in [6, 6.07) is 9.14. The molecule has 0 N–H and O–H groups in total. The van der Waals surface area contributed by atoms with Gasteiger partial charge in [0.1, 0.15) is 0 Å². The Labute approximate surface area is 81.7 Å². The number of pyridine rings is 2. The Bertz CT molecular complexity index is 471. The molecule has 0 fully saturated rings. The molecule has 0 spiro atoms. The van der Waals surface area contributed by atoms with Crippen molar-refractivity contribution in [1.29, 1.82) is 5.26 Å². The van der Waals surface area contributed by atoms with E-state index < -0.39 is 0 Å². The van der Waals surface area contributed by atoms with Crippen molar-refractivity contribution in [2.75, 3.05) is 0 Å². The highest BCUT2D eigenvalue weighted by Gasteiger charge is 2.04. The zero-order chi connectivity index (χ0) is 9.80. The molecule has 1 radical (unpaired) electrons. The standard InChI is InChI=1S/C11H6N3/c12-7-9-4-6-13-8-10(9)11-3-1-2-5-14-11/h1-4,6,8H. The van der Waals surface area contributed by atoms with Crippen molar-refractivity contribution in [2.45, 2.75) is 0 Å². The Kier molecular flexibility index (Phi) is 2.20. The monoisotopic (exact) mass is 180 g/mol. The Morgan fingerprint density at radius 3 is 3.00 bits per heavy atom. The third kappa shape index (κ3) is 1.46. The minimum atomic E-state index is 0.576. The normalized spacial score (nSPS) is 9.36. The zero-order valence-corrected chi connectivity index (χ0v) is 7.31. The van der Waals surface area contributed by atoms with E-state index in [1.165, 1.54) is 0 Å². The third-order valence-electron chi connectivity index (χ3n) is 1.83. The number of hydrogen-bond donors (Lipinski definition) is 0. The van der Waals surface area contributed by atoms with Crippen LogP contribution in [0.25, 0.3) is 11.3 Å². The highest BCUT2D eigenvalue weighted by atomic mass is 14.7. The first kappa shape index (κ1) is 8.39. The summed E-state index contributed by atoms with van der Waals surface area (Å²) in [6.45, 7) is 0. The molecule has 0 saturated carbocycles. The van der Waals surface area contributed by atoms with Crippen molar-refractivity contribution in [3.63, 3.8) is 0 Å². The van der Waals surface area contributed by atoms with E-state index >= 15 is 0 Å². The lowest BCUT2D eigenvalue weighted by molar-refractivity contribution is 1.26. The number of nitriles is 1. The molecule has 0 saturated heterocycles. The van der Waals surface area contributed by atoms with Gasteiger partial charge in [-0.3, -0.25) is 4.98 Å². The second-order valence-electron chi connectivity index (χ2n) is 2.68. The van der Waals surface area contributed by atoms with Crippen LogP contribution in [-0.2, 0) is 0 Å². The summed E-state index contributed by atoms with van der Waals surface area (Å²) in [6.07, 6.45) is 5.95. The predicted molar refractivity (Wildman–Crippen MR) is 51.0 cm³/mol. The number of aromatic nitrogens is 2. The van der Waals surface area contributed by atoms with E-state index in [0.29, 0.717) is 5.56 Å². The summed E-state index contributed by atoms with van der Waals surface area (Å²) in [5, 5.41) is 8.86. The first-order chi connectivity index (χ1) is 6.92. The molecule has 3 heteroatoms. The second kappa shape index (κ2) is 3.67. The van der Waals surface area contributed by atoms with E-state index in [1.54, 1.807) is 24.5 Å². The van der Waals surface area contributed by atoms with Gasteiger partial charge in [0.05, 0.1) is 23.5 Å². The van der Waals surface area contributed by atoms with Crippen LogP contribution < -0.4 is 0 Å². The maximum atomic E-state index is 8.86. The Hall–Kier alpha value is -2.21. The summed E-state index contributed by atoms with van der Waals surface area (Å²) < 4.78 is 0. The fraction of sp³-hybridized carbons (Fsp3) is 0. The lowest BCUT2D eigenvalue weighted by Crippen LogP contribution is -1.87. The smallest absolute Gasteiger partial charge is 0.0999 e. The molecule has 0 aliphatic heterocycles. The van der Waals surface area contributed by atoms with Gasteiger partial charge in [0, 0.05) is 18.0 Å². The minimum absolute atomic E-state index is 0.576. The molecule has 0 amide bonds. The number of hydrogen-bond acceptors (Lipinski definition) is 3. The van der Waals surface area contributed by atoms with Gasteiger partial charge in [-0.2, -0.15) is 5.26 Å². The fourth-order valence-electron chi connectivity index (χ4n) is 1.17. The van der Waals surface area contributed by atoms with Gasteiger partial charge in [0.15, 0.2) is 0 Å². The predicted octanol–water partition coefficient (Wildman–Crippen LogP) is 1.82. The number of nitrogens with zero attached hydrogens (tertiary/aromatic N) is 3. The minimum Gasteiger partial charge on any atom is -0.264 e. The average Bonchev–Trinajstić information content (AvgIpc) is 2.30. The van der Waals surface area contributed by atoms with Gasteiger partial charge in [-0.25, -0.2) is 4.98 Å². The van der Waals surface area contributed by atoms with Gasteiger partial charge >= 0.3 is 0 Å². The van der Waals surface area contributed by atoms with Crippen molar-refractivity contribution in [1.82, 2.24) is 9.97 Å². The zero-order valence-electron chi connectivity index (χ0n) is 7.31. The van der Waals surface area contributed by atoms with E-state index in [-0.39, 0.29) is 0 Å². The van der Waals surface area contributed by atoms with Gasteiger partial charge in [0.2, 0.25) is 0 Å². The SMILES string of the molecule is N#Cc1ccncc1-c1ccc[c]n1. The van der Waals surface area contributed by atoms with Crippen LogP contribution in [0.3, 0.4) is 0 Å². The molecule has 65 valence electrons. The lowest BCUT2D eigenvalue weighted by Gasteiger charge is -2.00. The molecular weight excluding hydrogens is 174 g/mol. The Balaban J connectivity index is 2.58. The quantitative estimate of drug-likeness (QED) is 0.672. The molecule has 2 aromatic heterocycles. The molecule has 0 bridgehead atoms. The summed E-state index contributed by atoms with van der Waals surface area (Å²) in [4.78, 5) is 8.01. The van der Waals surface area contributed by atoms with E-state index in [4.69, 9.17) is 5.26 Å². The van der Waals surface area contributed by atoms with E-state index in [0.717, 1.165) is 11.3 Å². The lowest BCUT2D eigenvalue weighted by atomic mass is 10.1. The molecule has 2 heterocycles. The molecule has 0 unspecified atom stereocenters. The topological polar surface area (TPSA) is 49.6 Å². The molecule has 0 aliphatic rings. The molecule has 3 nitrogen and oxygen atoms in total. The van der Waals surface area contributed by atoms with Crippen LogP contribution in [0.2, 0.25) is 0 Å². The molecule has 2 rings (SSSR count). The largest absolute Gasteiger partial charge is 0.264 e. The molecule has 0 atom stereocenters. The van der Waals surface area contributed by atoms with Crippen molar-refractivity contribution in [2.24, 2.45) is 0 Å². The van der Waals surface area contributed by atoms with Gasteiger partial charge in [-0.15, -0.1) is 0 Å². The highest BCUT2D eigenvalue weighted by Crippen LogP contribution is 2.18. The third-order valence-corrected chi connectivity index (χ3v) is 1.83.